The van der Waals surface area contributed by atoms with E-state index in [-0.39, 0.29) is 0 Å². The van der Waals surface area contributed by atoms with Crippen molar-refractivity contribution in [3.05, 3.63) is 11.9 Å². The van der Waals surface area contributed by atoms with Crippen molar-refractivity contribution in [1.29, 1.82) is 0 Å². The van der Waals surface area contributed by atoms with Crippen LogP contribution in [0.4, 0.5) is 0 Å². The fourth-order valence-corrected chi connectivity index (χ4v) is 1.43. The first-order valence-corrected chi connectivity index (χ1v) is 5.34. The van der Waals surface area contributed by atoms with Crippen LogP contribution in [0.2, 0.25) is 0 Å². The fraction of sp³-hybridized carbons (Fsp3) is 0.750. The van der Waals surface area contributed by atoms with Crippen LogP contribution in [0, 0.1) is 0 Å². The van der Waals surface area contributed by atoms with Crippen LogP contribution in [0.3, 0.4) is 0 Å². The second kappa shape index (κ2) is 6.94. The topological polar surface area (TPSA) is 49.8 Å². The molecule has 0 amide bonds. The molecular formula is C8H16N4S. The molecule has 0 aromatic carbocycles. The van der Waals surface area contributed by atoms with E-state index in [1.165, 1.54) is 11.7 Å². The highest BCUT2D eigenvalue weighted by molar-refractivity contribution is 6.99. The van der Waals surface area contributed by atoms with E-state index in [1.807, 2.05) is 6.20 Å². The van der Waals surface area contributed by atoms with Crippen LogP contribution in [0.5, 0.6) is 0 Å². The molecule has 0 radical (unpaired) electrons. The molecule has 0 atom stereocenters. The van der Waals surface area contributed by atoms with Crippen LogP contribution >= 0.6 is 11.7 Å². The first-order chi connectivity index (χ1) is 6.43. The minimum Gasteiger partial charge on any atom is -0.317 e. The predicted molar refractivity (Wildman–Crippen MR) is 54.8 cm³/mol. The summed E-state index contributed by atoms with van der Waals surface area (Å²) in [5.74, 6) is 0. The molecule has 1 heterocycles. The third-order valence-corrected chi connectivity index (χ3v) is 2.19. The Hall–Kier alpha value is -0.520. The summed E-state index contributed by atoms with van der Waals surface area (Å²) in [5, 5.41) is 6.59. The fourth-order valence-electron chi connectivity index (χ4n) is 0.994. The van der Waals surface area contributed by atoms with Gasteiger partial charge in [-0.2, -0.15) is 8.75 Å². The molecule has 13 heavy (non-hydrogen) atoms. The SMILES string of the molecule is CCNCCCNCc1cnsn1. The summed E-state index contributed by atoms with van der Waals surface area (Å²) in [6.45, 7) is 6.12. The van der Waals surface area contributed by atoms with Crippen LogP contribution in [0.25, 0.3) is 0 Å². The van der Waals surface area contributed by atoms with Crippen molar-refractivity contribution in [3.8, 4) is 0 Å². The van der Waals surface area contributed by atoms with Gasteiger partial charge in [0, 0.05) is 6.54 Å². The van der Waals surface area contributed by atoms with Gasteiger partial charge in [-0.3, -0.25) is 0 Å². The van der Waals surface area contributed by atoms with Crippen molar-refractivity contribution in [1.82, 2.24) is 19.4 Å². The lowest BCUT2D eigenvalue weighted by Crippen LogP contribution is -2.21. The molecule has 0 saturated carbocycles. The maximum Gasteiger partial charge on any atom is 0.0880 e. The Bertz CT molecular complexity index is 200. The van der Waals surface area contributed by atoms with E-state index in [0.29, 0.717) is 0 Å². The maximum absolute atomic E-state index is 4.10. The molecule has 0 bridgehead atoms. The number of rotatable bonds is 7. The summed E-state index contributed by atoms with van der Waals surface area (Å²) in [6.07, 6.45) is 2.97. The van der Waals surface area contributed by atoms with E-state index in [4.69, 9.17) is 0 Å². The Labute approximate surface area is 83.1 Å². The van der Waals surface area contributed by atoms with Gasteiger partial charge < -0.3 is 10.6 Å². The average Bonchev–Trinajstić information content (AvgIpc) is 2.63. The lowest BCUT2D eigenvalue weighted by molar-refractivity contribution is 0.603. The van der Waals surface area contributed by atoms with E-state index in [1.54, 1.807) is 0 Å². The van der Waals surface area contributed by atoms with Gasteiger partial charge in [-0.1, -0.05) is 6.92 Å². The Balaban J connectivity index is 1.90. The summed E-state index contributed by atoms with van der Waals surface area (Å²) in [4.78, 5) is 0. The zero-order valence-electron chi connectivity index (χ0n) is 7.92. The summed E-state index contributed by atoms with van der Waals surface area (Å²) in [7, 11) is 0. The smallest absolute Gasteiger partial charge is 0.0880 e. The van der Waals surface area contributed by atoms with E-state index >= 15 is 0 Å². The van der Waals surface area contributed by atoms with Crippen molar-refractivity contribution in [2.75, 3.05) is 19.6 Å². The number of hydrogen-bond donors (Lipinski definition) is 2. The van der Waals surface area contributed by atoms with Gasteiger partial charge in [-0.15, -0.1) is 0 Å². The summed E-state index contributed by atoms with van der Waals surface area (Å²) in [5.41, 5.74) is 1.04. The Kier molecular flexibility index (Phi) is 5.64. The van der Waals surface area contributed by atoms with E-state index in [0.717, 1.165) is 38.3 Å². The molecule has 0 spiro atoms. The molecule has 4 nitrogen and oxygen atoms in total. The molecule has 74 valence electrons. The quantitative estimate of drug-likeness (QED) is 0.634. The van der Waals surface area contributed by atoms with Crippen molar-refractivity contribution >= 4 is 11.7 Å². The summed E-state index contributed by atoms with van der Waals surface area (Å²) < 4.78 is 8.03. The molecule has 1 aromatic heterocycles. The maximum atomic E-state index is 4.10. The predicted octanol–water partition coefficient (Wildman–Crippen LogP) is 0.627. The Morgan fingerprint density at radius 1 is 1.38 bits per heavy atom. The monoisotopic (exact) mass is 200 g/mol. The van der Waals surface area contributed by atoms with E-state index in [9.17, 15) is 0 Å². The lowest BCUT2D eigenvalue weighted by atomic mass is 10.4. The third-order valence-electron chi connectivity index (χ3n) is 1.67. The molecule has 0 unspecified atom stereocenters. The second-order valence-electron chi connectivity index (χ2n) is 2.78. The molecule has 2 N–H and O–H groups in total. The third kappa shape index (κ3) is 4.92. The van der Waals surface area contributed by atoms with Crippen molar-refractivity contribution in [2.45, 2.75) is 19.9 Å². The van der Waals surface area contributed by atoms with Gasteiger partial charge in [-0.05, 0) is 26.1 Å². The summed E-state index contributed by atoms with van der Waals surface area (Å²) >= 11 is 1.26. The van der Waals surface area contributed by atoms with Gasteiger partial charge in [0.05, 0.1) is 23.6 Å². The van der Waals surface area contributed by atoms with Gasteiger partial charge in [0.25, 0.3) is 0 Å². The number of nitrogens with zero attached hydrogens (tertiary/aromatic N) is 2. The molecule has 1 aromatic rings. The minimum atomic E-state index is 0.836. The first-order valence-electron chi connectivity index (χ1n) is 4.61. The Morgan fingerprint density at radius 2 is 2.23 bits per heavy atom. The van der Waals surface area contributed by atoms with E-state index in [2.05, 4.69) is 26.3 Å². The number of nitrogens with one attached hydrogen (secondary N) is 2. The highest BCUT2D eigenvalue weighted by Gasteiger charge is 1.93. The molecule has 1 rings (SSSR count). The van der Waals surface area contributed by atoms with Crippen LogP contribution in [-0.2, 0) is 6.54 Å². The zero-order chi connectivity index (χ0) is 9.36. The van der Waals surface area contributed by atoms with E-state index < -0.39 is 0 Å². The molecule has 0 aliphatic carbocycles. The number of aromatic nitrogens is 2. The van der Waals surface area contributed by atoms with Crippen LogP contribution < -0.4 is 10.6 Å². The average molecular weight is 200 g/mol. The molecule has 0 saturated heterocycles. The van der Waals surface area contributed by atoms with Crippen LogP contribution in [0.1, 0.15) is 19.0 Å². The molecular weight excluding hydrogens is 184 g/mol. The van der Waals surface area contributed by atoms with Gasteiger partial charge in [0.1, 0.15) is 0 Å². The summed E-state index contributed by atoms with van der Waals surface area (Å²) in [6, 6.07) is 0. The van der Waals surface area contributed by atoms with Crippen LogP contribution in [-0.4, -0.2) is 28.4 Å². The minimum absolute atomic E-state index is 0.836. The molecule has 0 fully saturated rings. The second-order valence-corrected chi connectivity index (χ2v) is 3.34. The normalized spacial score (nSPS) is 10.5. The van der Waals surface area contributed by atoms with Gasteiger partial charge in [0.2, 0.25) is 0 Å². The van der Waals surface area contributed by atoms with Gasteiger partial charge in [0.15, 0.2) is 0 Å². The zero-order valence-corrected chi connectivity index (χ0v) is 8.73. The molecule has 5 heteroatoms. The van der Waals surface area contributed by atoms with Crippen molar-refractivity contribution in [3.63, 3.8) is 0 Å². The van der Waals surface area contributed by atoms with Crippen LogP contribution in [0.15, 0.2) is 6.20 Å². The molecule has 0 aliphatic rings. The van der Waals surface area contributed by atoms with Gasteiger partial charge in [-0.25, -0.2) is 0 Å². The standard InChI is InChI=1S/C8H16N4S/c1-2-9-4-3-5-10-6-8-7-11-13-12-8/h7,9-10H,2-6H2,1H3. The van der Waals surface area contributed by atoms with Crippen molar-refractivity contribution in [2.24, 2.45) is 0 Å². The highest BCUT2D eigenvalue weighted by Crippen LogP contribution is 1.93. The Morgan fingerprint density at radius 3 is 2.92 bits per heavy atom. The van der Waals surface area contributed by atoms with Crippen molar-refractivity contribution < 1.29 is 0 Å². The van der Waals surface area contributed by atoms with Gasteiger partial charge >= 0.3 is 0 Å². The molecule has 0 aliphatic heterocycles. The number of hydrogen-bond acceptors (Lipinski definition) is 5. The largest absolute Gasteiger partial charge is 0.317 e. The highest BCUT2D eigenvalue weighted by atomic mass is 32.1. The first kappa shape index (κ1) is 10.6. The lowest BCUT2D eigenvalue weighted by Gasteiger charge is -2.02.